The largest absolute Gasteiger partial charge is 0.312 e. The fourth-order valence-electron chi connectivity index (χ4n) is 2.58. The zero-order chi connectivity index (χ0) is 12.1. The highest BCUT2D eigenvalue weighted by Crippen LogP contribution is 2.21. The number of nitrogens with one attached hydrogen (secondary N) is 1. The number of benzene rings is 1. The predicted octanol–water partition coefficient (Wildman–Crippen LogP) is 3.70. The first-order valence-electron chi connectivity index (χ1n) is 7.07. The van der Waals surface area contributed by atoms with Crippen molar-refractivity contribution >= 4 is 0 Å². The second-order valence-electron chi connectivity index (χ2n) is 5.69. The van der Waals surface area contributed by atoms with Crippen LogP contribution in [0.25, 0.3) is 0 Å². The number of hydrogen-bond donors (Lipinski definition) is 1. The Hall–Kier alpha value is -0.820. The molecule has 0 saturated carbocycles. The van der Waals surface area contributed by atoms with Crippen LogP contribution in [0.1, 0.15) is 49.8 Å². The van der Waals surface area contributed by atoms with Gasteiger partial charge in [-0.2, -0.15) is 0 Å². The molecule has 0 heterocycles. The lowest BCUT2D eigenvalue weighted by Gasteiger charge is -2.11. The van der Waals surface area contributed by atoms with Crippen molar-refractivity contribution in [1.29, 1.82) is 0 Å². The van der Waals surface area contributed by atoms with Gasteiger partial charge in [-0.3, -0.25) is 0 Å². The van der Waals surface area contributed by atoms with Gasteiger partial charge in [-0.1, -0.05) is 38.5 Å². The molecular weight excluding hydrogens is 206 g/mol. The van der Waals surface area contributed by atoms with Gasteiger partial charge in [-0.15, -0.1) is 0 Å². The first kappa shape index (κ1) is 12.6. The van der Waals surface area contributed by atoms with E-state index in [-0.39, 0.29) is 0 Å². The summed E-state index contributed by atoms with van der Waals surface area (Å²) in [5.74, 6) is 0.732. The molecule has 1 nitrogen and oxygen atoms in total. The highest BCUT2D eigenvalue weighted by atomic mass is 14.8. The van der Waals surface area contributed by atoms with E-state index in [0.29, 0.717) is 0 Å². The summed E-state index contributed by atoms with van der Waals surface area (Å²) in [5.41, 5.74) is 4.65. The van der Waals surface area contributed by atoms with E-state index in [1.165, 1.54) is 37.7 Å². The lowest BCUT2D eigenvalue weighted by molar-refractivity contribution is 0.552. The smallest absolute Gasteiger partial charge is 0.0205 e. The molecule has 0 saturated heterocycles. The van der Waals surface area contributed by atoms with Gasteiger partial charge in [0.15, 0.2) is 0 Å². The van der Waals surface area contributed by atoms with Crippen LogP contribution in [-0.2, 0) is 19.4 Å². The van der Waals surface area contributed by atoms with Crippen LogP contribution in [0.5, 0.6) is 0 Å². The Bertz CT molecular complexity index is 355. The van der Waals surface area contributed by atoms with Gasteiger partial charge >= 0.3 is 0 Å². The van der Waals surface area contributed by atoms with Crippen molar-refractivity contribution < 1.29 is 0 Å². The van der Waals surface area contributed by atoms with Gasteiger partial charge in [0, 0.05) is 6.54 Å². The van der Waals surface area contributed by atoms with Crippen LogP contribution in [0.3, 0.4) is 0 Å². The van der Waals surface area contributed by atoms with Gasteiger partial charge in [0.25, 0.3) is 0 Å². The first-order valence-corrected chi connectivity index (χ1v) is 7.07. The minimum Gasteiger partial charge on any atom is -0.312 e. The summed E-state index contributed by atoms with van der Waals surface area (Å²) in [7, 11) is 0. The Kier molecular flexibility index (Phi) is 4.61. The van der Waals surface area contributed by atoms with Crippen LogP contribution >= 0.6 is 0 Å². The van der Waals surface area contributed by atoms with Crippen molar-refractivity contribution in [3.05, 3.63) is 34.9 Å². The zero-order valence-electron chi connectivity index (χ0n) is 11.3. The lowest BCUT2D eigenvalue weighted by Crippen LogP contribution is -2.19. The molecule has 2 rings (SSSR count). The highest BCUT2D eigenvalue weighted by molar-refractivity contribution is 5.33. The second-order valence-corrected chi connectivity index (χ2v) is 5.69. The van der Waals surface area contributed by atoms with Crippen molar-refractivity contribution in [3.8, 4) is 0 Å². The molecule has 1 aliphatic rings. The molecule has 0 aliphatic heterocycles. The summed E-state index contributed by atoms with van der Waals surface area (Å²) in [6.07, 6.45) is 6.71. The van der Waals surface area contributed by atoms with E-state index in [1.807, 2.05) is 0 Å². The van der Waals surface area contributed by atoms with E-state index in [4.69, 9.17) is 0 Å². The Labute approximate surface area is 106 Å². The van der Waals surface area contributed by atoms with Crippen LogP contribution in [0.4, 0.5) is 0 Å². The summed E-state index contributed by atoms with van der Waals surface area (Å²) < 4.78 is 0. The van der Waals surface area contributed by atoms with Crippen molar-refractivity contribution in [3.63, 3.8) is 0 Å². The van der Waals surface area contributed by atoms with Crippen LogP contribution < -0.4 is 5.32 Å². The fraction of sp³-hybridized carbons (Fsp3) is 0.625. The van der Waals surface area contributed by atoms with E-state index in [0.717, 1.165) is 19.0 Å². The SMILES string of the molecule is CC(C)CNCc1ccc2c(c1)CCCCC2. The summed E-state index contributed by atoms with van der Waals surface area (Å²) >= 11 is 0. The lowest BCUT2D eigenvalue weighted by atomic mass is 10.00. The van der Waals surface area contributed by atoms with Gasteiger partial charge in [0.1, 0.15) is 0 Å². The Balaban J connectivity index is 1.97. The van der Waals surface area contributed by atoms with E-state index in [9.17, 15) is 0 Å². The van der Waals surface area contributed by atoms with Crippen molar-refractivity contribution in [2.75, 3.05) is 6.54 Å². The highest BCUT2D eigenvalue weighted by Gasteiger charge is 2.08. The third kappa shape index (κ3) is 3.85. The van der Waals surface area contributed by atoms with Gasteiger partial charge in [-0.25, -0.2) is 0 Å². The number of rotatable bonds is 4. The Morgan fingerprint density at radius 3 is 2.59 bits per heavy atom. The molecule has 0 spiro atoms. The molecule has 0 unspecified atom stereocenters. The molecule has 0 atom stereocenters. The molecule has 17 heavy (non-hydrogen) atoms. The van der Waals surface area contributed by atoms with Crippen molar-refractivity contribution in [2.24, 2.45) is 5.92 Å². The third-order valence-corrected chi connectivity index (χ3v) is 3.54. The molecule has 0 fully saturated rings. The average molecular weight is 231 g/mol. The first-order chi connectivity index (χ1) is 8.25. The predicted molar refractivity (Wildman–Crippen MR) is 74.2 cm³/mol. The molecule has 1 aromatic rings. The van der Waals surface area contributed by atoms with Gasteiger partial charge in [0.05, 0.1) is 0 Å². The molecule has 0 amide bonds. The zero-order valence-corrected chi connectivity index (χ0v) is 11.3. The van der Waals surface area contributed by atoms with Crippen LogP contribution in [-0.4, -0.2) is 6.54 Å². The van der Waals surface area contributed by atoms with Crippen LogP contribution in [0, 0.1) is 5.92 Å². The molecule has 0 bridgehead atoms. The van der Waals surface area contributed by atoms with Gasteiger partial charge < -0.3 is 5.32 Å². The maximum absolute atomic E-state index is 3.52. The van der Waals surface area contributed by atoms with Crippen molar-refractivity contribution in [1.82, 2.24) is 5.32 Å². The summed E-state index contributed by atoms with van der Waals surface area (Å²) in [4.78, 5) is 0. The molecule has 1 aliphatic carbocycles. The summed E-state index contributed by atoms with van der Waals surface area (Å²) in [5, 5.41) is 3.52. The molecule has 1 heteroatoms. The van der Waals surface area contributed by atoms with E-state index in [1.54, 1.807) is 11.1 Å². The molecule has 0 radical (unpaired) electrons. The number of fused-ring (bicyclic) bond motifs is 1. The quantitative estimate of drug-likeness (QED) is 0.779. The molecule has 1 N–H and O–H groups in total. The van der Waals surface area contributed by atoms with Crippen molar-refractivity contribution in [2.45, 2.75) is 52.5 Å². The molecular formula is C16H25N. The monoisotopic (exact) mass is 231 g/mol. The van der Waals surface area contributed by atoms with Gasteiger partial charge in [0.2, 0.25) is 0 Å². The van der Waals surface area contributed by atoms with Crippen LogP contribution in [0.2, 0.25) is 0 Å². The fourth-order valence-corrected chi connectivity index (χ4v) is 2.58. The summed E-state index contributed by atoms with van der Waals surface area (Å²) in [6.45, 7) is 6.64. The normalized spacial score (nSPS) is 15.7. The third-order valence-electron chi connectivity index (χ3n) is 3.54. The standard InChI is InChI=1S/C16H25N/c1-13(2)11-17-12-14-8-9-15-6-4-3-5-7-16(15)10-14/h8-10,13,17H,3-7,11-12H2,1-2H3. The minimum absolute atomic E-state index is 0.732. The molecule has 1 aromatic carbocycles. The second kappa shape index (κ2) is 6.20. The maximum atomic E-state index is 3.52. The minimum atomic E-state index is 0.732. The number of aryl methyl sites for hydroxylation is 2. The Morgan fingerprint density at radius 2 is 1.82 bits per heavy atom. The Morgan fingerprint density at radius 1 is 1.06 bits per heavy atom. The van der Waals surface area contributed by atoms with E-state index < -0.39 is 0 Å². The van der Waals surface area contributed by atoms with E-state index >= 15 is 0 Å². The summed E-state index contributed by atoms with van der Waals surface area (Å²) in [6, 6.07) is 7.08. The molecule has 94 valence electrons. The van der Waals surface area contributed by atoms with Crippen LogP contribution in [0.15, 0.2) is 18.2 Å². The maximum Gasteiger partial charge on any atom is 0.0205 e. The molecule has 0 aromatic heterocycles. The average Bonchev–Trinajstić information content (AvgIpc) is 2.53. The van der Waals surface area contributed by atoms with Gasteiger partial charge in [-0.05, 0) is 54.8 Å². The van der Waals surface area contributed by atoms with E-state index in [2.05, 4.69) is 37.4 Å². The number of hydrogen-bond acceptors (Lipinski definition) is 1. The topological polar surface area (TPSA) is 12.0 Å².